The monoisotopic (exact) mass is 516 g/mol. The second-order valence-corrected chi connectivity index (χ2v) is 10.5. The average molecular weight is 518 g/mol. The van der Waals surface area contributed by atoms with Gasteiger partial charge in [-0.05, 0) is 30.7 Å². The van der Waals surface area contributed by atoms with Crippen molar-refractivity contribution in [3.63, 3.8) is 0 Å². The molecule has 1 N–H and O–H groups in total. The van der Waals surface area contributed by atoms with Crippen LogP contribution in [0.5, 0.6) is 0 Å². The van der Waals surface area contributed by atoms with Crippen molar-refractivity contribution in [1.82, 2.24) is 15.6 Å². The lowest BCUT2D eigenvalue weighted by molar-refractivity contribution is -0.118. The lowest BCUT2D eigenvalue weighted by atomic mass is 10.1. The zero-order valence-corrected chi connectivity index (χ0v) is 20.3. The number of aromatic nitrogens is 2. The normalized spacial score (nSPS) is 11.5. The van der Waals surface area contributed by atoms with Crippen molar-refractivity contribution in [3.8, 4) is 0 Å². The van der Waals surface area contributed by atoms with E-state index in [1.165, 1.54) is 23.1 Å². The van der Waals surface area contributed by atoms with Crippen LogP contribution >= 0.6 is 69.7 Å². The van der Waals surface area contributed by atoms with Crippen LogP contribution in [0.25, 0.3) is 0 Å². The Morgan fingerprint density at radius 3 is 2.53 bits per heavy atom. The highest BCUT2D eigenvalue weighted by molar-refractivity contribution is 8.03. The Labute approximate surface area is 201 Å². The first kappa shape index (κ1) is 23.4. The fraction of sp³-hybridized carbons (Fsp3) is 0.158. The van der Waals surface area contributed by atoms with Gasteiger partial charge in [-0.1, -0.05) is 93.9 Å². The van der Waals surface area contributed by atoms with Crippen LogP contribution in [0, 0.1) is 0 Å². The summed E-state index contributed by atoms with van der Waals surface area (Å²) < 4.78 is 1.54. The van der Waals surface area contributed by atoms with Crippen molar-refractivity contribution < 1.29 is 4.79 Å². The minimum Gasteiger partial charge on any atom is -0.272 e. The Morgan fingerprint density at radius 1 is 1.07 bits per heavy atom. The maximum absolute atomic E-state index is 12.1. The van der Waals surface area contributed by atoms with E-state index in [9.17, 15) is 4.79 Å². The van der Waals surface area contributed by atoms with Crippen LogP contribution in [-0.2, 0) is 10.5 Å². The van der Waals surface area contributed by atoms with E-state index in [-0.39, 0.29) is 11.7 Å². The van der Waals surface area contributed by atoms with Gasteiger partial charge in [0, 0.05) is 21.4 Å². The number of hydrogen-bond donors (Lipinski definition) is 1. The SMILES string of the molecule is C/C(=N\NC(=O)CSc1nnc(SCc2ccccc2Cl)s1)c1ccc(Cl)cc1Cl. The Morgan fingerprint density at radius 2 is 1.80 bits per heavy atom. The van der Waals surface area contributed by atoms with Crippen molar-refractivity contribution in [2.24, 2.45) is 5.10 Å². The van der Waals surface area contributed by atoms with E-state index in [0.29, 0.717) is 31.4 Å². The summed E-state index contributed by atoms with van der Waals surface area (Å²) in [5.41, 5.74) is 4.86. The predicted octanol–water partition coefficient (Wildman–Crippen LogP) is 6.42. The average Bonchev–Trinajstić information content (AvgIpc) is 3.18. The van der Waals surface area contributed by atoms with Gasteiger partial charge in [-0.2, -0.15) is 5.10 Å². The molecule has 0 atom stereocenters. The summed E-state index contributed by atoms with van der Waals surface area (Å²) in [6.07, 6.45) is 0. The van der Waals surface area contributed by atoms with Crippen molar-refractivity contribution >= 4 is 81.3 Å². The molecule has 0 saturated heterocycles. The summed E-state index contributed by atoms with van der Waals surface area (Å²) in [5.74, 6) is 0.639. The molecule has 3 rings (SSSR count). The van der Waals surface area contributed by atoms with Gasteiger partial charge < -0.3 is 0 Å². The van der Waals surface area contributed by atoms with Crippen LogP contribution in [-0.4, -0.2) is 27.6 Å². The minimum atomic E-state index is -0.245. The molecular formula is C19H15Cl3N4OS3. The van der Waals surface area contributed by atoms with Gasteiger partial charge in [0.05, 0.1) is 16.5 Å². The molecule has 0 bridgehead atoms. The first-order valence-corrected chi connectivity index (χ1v) is 12.5. The zero-order chi connectivity index (χ0) is 21.5. The molecule has 11 heteroatoms. The Balaban J connectivity index is 1.47. The Kier molecular flexibility index (Phi) is 8.85. The molecule has 0 aliphatic heterocycles. The Bertz CT molecular complexity index is 1070. The highest BCUT2D eigenvalue weighted by Crippen LogP contribution is 2.32. The molecule has 5 nitrogen and oxygen atoms in total. The number of carbonyl (C=O) groups is 1. The number of thioether (sulfide) groups is 2. The zero-order valence-electron chi connectivity index (χ0n) is 15.6. The van der Waals surface area contributed by atoms with Gasteiger partial charge in [-0.3, -0.25) is 4.79 Å². The molecular weight excluding hydrogens is 503 g/mol. The van der Waals surface area contributed by atoms with Crippen molar-refractivity contribution in [2.75, 3.05) is 5.75 Å². The van der Waals surface area contributed by atoms with E-state index in [1.807, 2.05) is 24.3 Å². The molecule has 3 aromatic rings. The summed E-state index contributed by atoms with van der Waals surface area (Å²) in [5, 5.41) is 14.1. The molecule has 0 unspecified atom stereocenters. The summed E-state index contributed by atoms with van der Waals surface area (Å²) >= 11 is 22.5. The van der Waals surface area contributed by atoms with Crippen LogP contribution in [0.2, 0.25) is 15.1 Å². The van der Waals surface area contributed by atoms with E-state index < -0.39 is 0 Å². The van der Waals surface area contributed by atoms with Crippen molar-refractivity contribution in [1.29, 1.82) is 0 Å². The van der Waals surface area contributed by atoms with Gasteiger partial charge in [0.25, 0.3) is 5.91 Å². The van der Waals surface area contributed by atoms with E-state index in [4.69, 9.17) is 34.8 Å². The van der Waals surface area contributed by atoms with Gasteiger partial charge in [-0.15, -0.1) is 10.2 Å². The first-order valence-electron chi connectivity index (χ1n) is 8.53. The van der Waals surface area contributed by atoms with Crippen LogP contribution in [0.3, 0.4) is 0 Å². The Hall–Kier alpha value is -1.29. The number of nitrogens with one attached hydrogen (secondary N) is 1. The molecule has 1 amide bonds. The summed E-state index contributed by atoms with van der Waals surface area (Å²) in [4.78, 5) is 12.1. The molecule has 0 fully saturated rings. The predicted molar refractivity (Wildman–Crippen MR) is 128 cm³/mol. The maximum Gasteiger partial charge on any atom is 0.250 e. The minimum absolute atomic E-state index is 0.176. The van der Waals surface area contributed by atoms with Crippen LogP contribution in [0.1, 0.15) is 18.1 Å². The van der Waals surface area contributed by atoms with Crippen molar-refractivity contribution in [3.05, 3.63) is 68.7 Å². The molecule has 156 valence electrons. The second-order valence-electron chi connectivity index (χ2n) is 5.86. The topological polar surface area (TPSA) is 67.2 Å². The second kappa shape index (κ2) is 11.4. The first-order chi connectivity index (χ1) is 14.4. The number of amides is 1. The highest BCUT2D eigenvalue weighted by atomic mass is 35.5. The number of benzene rings is 2. The van der Waals surface area contributed by atoms with E-state index in [0.717, 1.165) is 14.9 Å². The molecule has 0 radical (unpaired) electrons. The van der Waals surface area contributed by atoms with Crippen LogP contribution in [0.4, 0.5) is 0 Å². The van der Waals surface area contributed by atoms with Gasteiger partial charge in [0.15, 0.2) is 8.68 Å². The molecule has 0 saturated carbocycles. The fourth-order valence-corrected chi connectivity index (χ4v) is 5.86. The lowest BCUT2D eigenvalue weighted by Crippen LogP contribution is -2.21. The molecule has 0 spiro atoms. The van der Waals surface area contributed by atoms with Crippen LogP contribution in [0.15, 0.2) is 56.2 Å². The fourth-order valence-electron chi connectivity index (χ4n) is 2.22. The lowest BCUT2D eigenvalue weighted by Gasteiger charge is -2.05. The van der Waals surface area contributed by atoms with E-state index >= 15 is 0 Å². The van der Waals surface area contributed by atoms with Gasteiger partial charge in [0.1, 0.15) is 0 Å². The molecule has 30 heavy (non-hydrogen) atoms. The molecule has 1 heterocycles. The smallest absolute Gasteiger partial charge is 0.250 e. The number of halogens is 3. The summed E-state index contributed by atoms with van der Waals surface area (Å²) in [6, 6.07) is 12.8. The number of rotatable bonds is 8. The maximum atomic E-state index is 12.1. The number of hydrazone groups is 1. The quantitative estimate of drug-likeness (QED) is 0.212. The molecule has 0 aliphatic rings. The standard InChI is InChI=1S/C19H15Cl3N4OS3/c1-11(14-7-6-13(20)8-16(14)22)23-24-17(27)10-29-19-26-25-18(30-19)28-9-12-4-2-3-5-15(12)21/h2-8H,9-10H2,1H3,(H,24,27)/b23-11+. The van der Waals surface area contributed by atoms with Gasteiger partial charge in [-0.25, -0.2) is 5.43 Å². The molecule has 2 aromatic carbocycles. The van der Waals surface area contributed by atoms with E-state index in [1.54, 1.807) is 36.9 Å². The van der Waals surface area contributed by atoms with E-state index in [2.05, 4.69) is 20.7 Å². The van der Waals surface area contributed by atoms with Crippen LogP contribution < -0.4 is 5.43 Å². The van der Waals surface area contributed by atoms with Gasteiger partial charge in [0.2, 0.25) is 0 Å². The largest absolute Gasteiger partial charge is 0.272 e. The van der Waals surface area contributed by atoms with Crippen molar-refractivity contribution in [2.45, 2.75) is 21.4 Å². The third-order valence-electron chi connectivity index (χ3n) is 3.69. The molecule has 1 aromatic heterocycles. The number of hydrogen-bond acceptors (Lipinski definition) is 7. The third kappa shape index (κ3) is 6.87. The molecule has 0 aliphatic carbocycles. The summed E-state index contributed by atoms with van der Waals surface area (Å²) in [6.45, 7) is 1.76. The highest BCUT2D eigenvalue weighted by Gasteiger charge is 2.10. The summed E-state index contributed by atoms with van der Waals surface area (Å²) in [7, 11) is 0. The number of nitrogens with zero attached hydrogens (tertiary/aromatic N) is 3. The third-order valence-corrected chi connectivity index (χ3v) is 7.85. The van der Waals surface area contributed by atoms with Gasteiger partial charge >= 0.3 is 0 Å². The number of carbonyl (C=O) groups excluding carboxylic acids is 1.